The molecule has 1 aromatic heterocycles. The highest BCUT2D eigenvalue weighted by molar-refractivity contribution is 5.93. The number of ether oxygens (including phenoxy) is 3. The van der Waals surface area contributed by atoms with Gasteiger partial charge in [-0.15, -0.1) is 0 Å². The molecule has 1 aliphatic heterocycles. The van der Waals surface area contributed by atoms with E-state index in [9.17, 15) is 14.4 Å². The van der Waals surface area contributed by atoms with Crippen molar-refractivity contribution in [3.05, 3.63) is 47.9 Å². The van der Waals surface area contributed by atoms with Crippen LogP contribution in [-0.4, -0.2) is 73.6 Å². The van der Waals surface area contributed by atoms with Crippen molar-refractivity contribution in [1.29, 1.82) is 0 Å². The maximum absolute atomic E-state index is 12.5. The van der Waals surface area contributed by atoms with Gasteiger partial charge in [0.15, 0.2) is 23.9 Å². The first-order chi connectivity index (χ1) is 15.5. The second-order valence-corrected chi connectivity index (χ2v) is 7.17. The second kappa shape index (κ2) is 11.2. The van der Waals surface area contributed by atoms with Crippen molar-refractivity contribution in [2.24, 2.45) is 0 Å². The molecule has 3 rings (SSSR count). The molecule has 0 N–H and O–H groups in total. The van der Waals surface area contributed by atoms with Crippen LogP contribution in [0.4, 0.5) is 0 Å². The average Bonchev–Trinajstić information content (AvgIpc) is 3.36. The predicted octanol–water partition coefficient (Wildman–Crippen LogP) is 2.61. The minimum Gasteiger partial charge on any atom is -0.490 e. The molecule has 1 aromatic carbocycles. The van der Waals surface area contributed by atoms with E-state index in [0.717, 1.165) is 6.42 Å². The summed E-state index contributed by atoms with van der Waals surface area (Å²) in [5, 5.41) is 0. The molecular formula is C23H28N2O7. The zero-order valence-electron chi connectivity index (χ0n) is 18.4. The van der Waals surface area contributed by atoms with Crippen LogP contribution in [0, 0.1) is 0 Å². The summed E-state index contributed by atoms with van der Waals surface area (Å²) in [4.78, 5) is 40.4. The molecule has 172 valence electrons. The Kier molecular flexibility index (Phi) is 8.13. The number of piperazine rings is 1. The maximum Gasteiger partial charge on any atom is 0.338 e. The van der Waals surface area contributed by atoms with E-state index in [0.29, 0.717) is 50.9 Å². The summed E-state index contributed by atoms with van der Waals surface area (Å²) < 4.78 is 21.5. The number of hydrogen-bond donors (Lipinski definition) is 0. The molecule has 1 aliphatic rings. The first-order valence-electron chi connectivity index (χ1n) is 10.7. The van der Waals surface area contributed by atoms with Gasteiger partial charge in [-0.05, 0) is 43.7 Å². The van der Waals surface area contributed by atoms with Gasteiger partial charge in [-0.2, -0.15) is 0 Å². The highest BCUT2D eigenvalue weighted by Crippen LogP contribution is 2.29. The maximum atomic E-state index is 12.5. The Morgan fingerprint density at radius 1 is 0.969 bits per heavy atom. The molecule has 0 saturated carbocycles. The van der Waals surface area contributed by atoms with E-state index in [1.807, 2.05) is 13.8 Å². The molecule has 9 heteroatoms. The van der Waals surface area contributed by atoms with Gasteiger partial charge >= 0.3 is 5.97 Å². The largest absolute Gasteiger partial charge is 0.490 e. The van der Waals surface area contributed by atoms with E-state index in [1.165, 1.54) is 6.26 Å². The standard InChI is InChI=1S/C23H28N2O7/c1-3-13-30-18-8-7-17(15-20(18)29-4-2)23(28)32-16-21(26)24-9-11-25(12-10-24)22(27)19-6-5-14-31-19/h5-8,14-15H,3-4,9-13,16H2,1-2H3. The molecule has 0 atom stereocenters. The fourth-order valence-corrected chi connectivity index (χ4v) is 3.25. The number of carbonyl (C=O) groups excluding carboxylic acids is 3. The highest BCUT2D eigenvalue weighted by Gasteiger charge is 2.26. The number of benzene rings is 1. The number of amides is 2. The SMILES string of the molecule is CCCOc1ccc(C(=O)OCC(=O)N2CCN(C(=O)c3ccco3)CC2)cc1OCC. The molecule has 0 bridgehead atoms. The van der Waals surface area contributed by atoms with Crippen molar-refractivity contribution in [3.63, 3.8) is 0 Å². The van der Waals surface area contributed by atoms with Crippen LogP contribution in [0.25, 0.3) is 0 Å². The molecule has 2 aromatic rings. The Balaban J connectivity index is 1.50. The molecule has 1 fully saturated rings. The molecule has 9 nitrogen and oxygen atoms in total. The lowest BCUT2D eigenvalue weighted by Crippen LogP contribution is -2.51. The zero-order valence-corrected chi connectivity index (χ0v) is 18.4. The Hall–Kier alpha value is -3.49. The second-order valence-electron chi connectivity index (χ2n) is 7.17. The van der Waals surface area contributed by atoms with Crippen molar-refractivity contribution in [1.82, 2.24) is 9.80 Å². The van der Waals surface area contributed by atoms with E-state index >= 15 is 0 Å². The molecule has 0 unspecified atom stereocenters. The molecular weight excluding hydrogens is 416 g/mol. The first kappa shape index (κ1) is 23.2. The number of esters is 1. The van der Waals surface area contributed by atoms with E-state index in [2.05, 4.69) is 0 Å². The number of nitrogens with zero attached hydrogens (tertiary/aromatic N) is 2. The Morgan fingerprint density at radius 2 is 1.72 bits per heavy atom. The summed E-state index contributed by atoms with van der Waals surface area (Å²) in [7, 11) is 0. The molecule has 2 heterocycles. The quantitative estimate of drug-likeness (QED) is 0.548. The lowest BCUT2D eigenvalue weighted by Gasteiger charge is -2.34. The first-order valence-corrected chi connectivity index (χ1v) is 10.7. The third-order valence-corrected chi connectivity index (χ3v) is 4.92. The minimum absolute atomic E-state index is 0.204. The van der Waals surface area contributed by atoms with Crippen LogP contribution in [0.1, 0.15) is 41.2 Å². The molecule has 0 radical (unpaired) electrons. The van der Waals surface area contributed by atoms with Gasteiger partial charge in [0.1, 0.15) is 0 Å². The van der Waals surface area contributed by atoms with Gasteiger partial charge in [-0.1, -0.05) is 6.92 Å². The monoisotopic (exact) mass is 444 g/mol. The third-order valence-electron chi connectivity index (χ3n) is 4.92. The lowest BCUT2D eigenvalue weighted by molar-refractivity contribution is -0.136. The summed E-state index contributed by atoms with van der Waals surface area (Å²) in [6, 6.07) is 8.07. The topological polar surface area (TPSA) is 98.5 Å². The van der Waals surface area contributed by atoms with Crippen molar-refractivity contribution in [2.75, 3.05) is 46.0 Å². The third kappa shape index (κ3) is 5.81. The van der Waals surface area contributed by atoms with Crippen LogP contribution < -0.4 is 9.47 Å². The fraction of sp³-hybridized carbons (Fsp3) is 0.435. The summed E-state index contributed by atoms with van der Waals surface area (Å²) in [6.45, 7) is 5.93. The van der Waals surface area contributed by atoms with E-state index in [1.54, 1.807) is 40.1 Å². The lowest BCUT2D eigenvalue weighted by atomic mass is 10.2. The molecule has 2 amide bonds. The van der Waals surface area contributed by atoms with E-state index < -0.39 is 5.97 Å². The van der Waals surface area contributed by atoms with Gasteiger partial charge in [0.25, 0.3) is 11.8 Å². The van der Waals surface area contributed by atoms with Crippen LogP contribution in [-0.2, 0) is 9.53 Å². The van der Waals surface area contributed by atoms with Crippen molar-refractivity contribution in [2.45, 2.75) is 20.3 Å². The van der Waals surface area contributed by atoms with Crippen LogP contribution in [0.3, 0.4) is 0 Å². The van der Waals surface area contributed by atoms with E-state index in [-0.39, 0.29) is 29.7 Å². The molecule has 32 heavy (non-hydrogen) atoms. The van der Waals surface area contributed by atoms with Crippen LogP contribution in [0.15, 0.2) is 41.0 Å². The Bertz CT molecular complexity index is 918. The van der Waals surface area contributed by atoms with Crippen molar-refractivity contribution >= 4 is 17.8 Å². The average molecular weight is 444 g/mol. The van der Waals surface area contributed by atoms with Crippen LogP contribution >= 0.6 is 0 Å². The van der Waals surface area contributed by atoms with Gasteiger partial charge in [-0.25, -0.2) is 4.79 Å². The van der Waals surface area contributed by atoms with Crippen molar-refractivity contribution in [3.8, 4) is 11.5 Å². The van der Waals surface area contributed by atoms with Crippen LogP contribution in [0.2, 0.25) is 0 Å². The molecule has 0 spiro atoms. The Labute approximate surface area is 186 Å². The van der Waals surface area contributed by atoms with Crippen molar-refractivity contribution < 1.29 is 33.0 Å². The van der Waals surface area contributed by atoms with Gasteiger partial charge in [0.2, 0.25) is 0 Å². The molecule has 0 aliphatic carbocycles. The predicted molar refractivity (Wildman–Crippen MR) is 115 cm³/mol. The number of carbonyl (C=O) groups is 3. The highest BCUT2D eigenvalue weighted by atomic mass is 16.5. The smallest absolute Gasteiger partial charge is 0.338 e. The van der Waals surface area contributed by atoms with Gasteiger partial charge < -0.3 is 28.4 Å². The van der Waals surface area contributed by atoms with Gasteiger partial charge in [0.05, 0.1) is 25.0 Å². The van der Waals surface area contributed by atoms with Crippen LogP contribution in [0.5, 0.6) is 11.5 Å². The van der Waals surface area contributed by atoms with Gasteiger partial charge in [0, 0.05) is 26.2 Å². The summed E-state index contributed by atoms with van der Waals surface area (Å²) in [5.41, 5.74) is 0.277. The van der Waals surface area contributed by atoms with Gasteiger partial charge in [-0.3, -0.25) is 9.59 Å². The summed E-state index contributed by atoms with van der Waals surface area (Å²) in [6.07, 6.45) is 2.30. The molecule has 1 saturated heterocycles. The minimum atomic E-state index is -0.618. The fourth-order valence-electron chi connectivity index (χ4n) is 3.25. The van der Waals surface area contributed by atoms with E-state index in [4.69, 9.17) is 18.6 Å². The normalized spacial score (nSPS) is 13.6. The Morgan fingerprint density at radius 3 is 2.38 bits per heavy atom. The number of rotatable bonds is 9. The zero-order chi connectivity index (χ0) is 22.9. The number of hydrogen-bond acceptors (Lipinski definition) is 7. The summed E-state index contributed by atoms with van der Waals surface area (Å²) in [5.74, 6) is 0.160. The summed E-state index contributed by atoms with van der Waals surface area (Å²) >= 11 is 0. The number of furan rings is 1.